The highest BCUT2D eigenvalue weighted by Gasteiger charge is 2.41. The maximum Gasteiger partial charge on any atom is 0.311 e. The zero-order valence-electron chi connectivity index (χ0n) is 20.2. The van der Waals surface area contributed by atoms with Gasteiger partial charge in [0, 0.05) is 18.7 Å². The highest BCUT2D eigenvalue weighted by Crippen LogP contribution is 2.37. The molecule has 1 unspecified atom stereocenters. The molecular weight excluding hydrogens is 456 g/mol. The molecule has 5 atom stereocenters. The van der Waals surface area contributed by atoms with Gasteiger partial charge in [-0.3, -0.25) is 15.5 Å². The summed E-state index contributed by atoms with van der Waals surface area (Å²) in [6.07, 6.45) is -3.75. The number of hydrogen-bond donors (Lipinski definition) is 6. The van der Waals surface area contributed by atoms with Crippen LogP contribution in [0.5, 0.6) is 0 Å². The molecule has 1 saturated heterocycles. The fraction of sp³-hybridized carbons (Fsp3) is 0.538. The van der Waals surface area contributed by atoms with Crippen molar-refractivity contribution in [2.45, 2.75) is 89.0 Å². The lowest BCUT2D eigenvalue weighted by atomic mass is 9.86. The predicted octanol–water partition coefficient (Wildman–Crippen LogP) is 2.38. The molecule has 9 heteroatoms. The molecule has 0 aliphatic carbocycles. The molecule has 1 fully saturated rings. The first-order valence-corrected chi connectivity index (χ1v) is 12.0. The maximum absolute atomic E-state index is 14.9. The van der Waals surface area contributed by atoms with Crippen LogP contribution in [0.15, 0.2) is 42.5 Å². The van der Waals surface area contributed by atoms with E-state index in [0.29, 0.717) is 30.5 Å². The van der Waals surface area contributed by atoms with Crippen molar-refractivity contribution in [2.75, 3.05) is 0 Å². The van der Waals surface area contributed by atoms with E-state index in [4.69, 9.17) is 0 Å². The van der Waals surface area contributed by atoms with Gasteiger partial charge in [-0.15, -0.1) is 0 Å². The van der Waals surface area contributed by atoms with Crippen molar-refractivity contribution in [3.63, 3.8) is 0 Å². The smallest absolute Gasteiger partial charge is 0.311 e. The average molecular weight is 492 g/mol. The summed E-state index contributed by atoms with van der Waals surface area (Å²) in [6.45, 7) is 6.40. The highest BCUT2D eigenvalue weighted by atomic mass is 19.3. The van der Waals surface area contributed by atoms with Gasteiger partial charge in [-0.05, 0) is 40.5 Å². The number of benzene rings is 2. The Labute approximate surface area is 204 Å². The molecule has 6 N–H and O–H groups in total. The van der Waals surface area contributed by atoms with Gasteiger partial charge in [-0.1, -0.05) is 63.2 Å². The Morgan fingerprint density at radius 1 is 1.03 bits per heavy atom. The maximum atomic E-state index is 14.9. The molecule has 7 nitrogen and oxygen atoms in total. The summed E-state index contributed by atoms with van der Waals surface area (Å²) < 4.78 is 29.7. The van der Waals surface area contributed by atoms with E-state index >= 15 is 0 Å². The van der Waals surface area contributed by atoms with Crippen molar-refractivity contribution < 1.29 is 29.2 Å². The van der Waals surface area contributed by atoms with Gasteiger partial charge in [0.1, 0.15) is 18.7 Å². The molecule has 2 aliphatic heterocycles. The van der Waals surface area contributed by atoms with Gasteiger partial charge in [-0.2, -0.15) is 8.78 Å². The second-order valence-electron chi connectivity index (χ2n) is 10.6. The van der Waals surface area contributed by atoms with Crippen LogP contribution in [0.1, 0.15) is 67.7 Å². The molecule has 2 heterocycles. The first-order chi connectivity index (χ1) is 16.4. The van der Waals surface area contributed by atoms with Crippen molar-refractivity contribution in [2.24, 2.45) is 0 Å². The predicted molar refractivity (Wildman–Crippen MR) is 127 cm³/mol. The second kappa shape index (κ2) is 9.82. The summed E-state index contributed by atoms with van der Waals surface area (Å²) in [7, 11) is 0. The first kappa shape index (κ1) is 26.1. The van der Waals surface area contributed by atoms with Crippen molar-refractivity contribution >= 4 is 0 Å². The lowest BCUT2D eigenvalue weighted by Crippen LogP contribution is -2.56. The lowest BCUT2D eigenvalue weighted by Gasteiger charge is -2.39. The fourth-order valence-electron chi connectivity index (χ4n) is 4.84. The number of piperidine rings is 1. The molecule has 35 heavy (non-hydrogen) atoms. The van der Waals surface area contributed by atoms with Crippen LogP contribution >= 0.6 is 0 Å². The lowest BCUT2D eigenvalue weighted by molar-refractivity contribution is -0.129. The van der Waals surface area contributed by atoms with Crippen LogP contribution in [-0.2, 0) is 24.4 Å². The van der Waals surface area contributed by atoms with Crippen LogP contribution in [0.25, 0.3) is 0 Å². The quantitative estimate of drug-likeness (QED) is 0.345. The number of nitrogens with one attached hydrogen (secondary N) is 2. The summed E-state index contributed by atoms with van der Waals surface area (Å²) in [5, 5.41) is 46.2. The Morgan fingerprint density at radius 3 is 2.31 bits per heavy atom. The minimum atomic E-state index is -3.48. The van der Waals surface area contributed by atoms with E-state index < -0.39 is 30.8 Å². The molecule has 0 spiro atoms. The number of alkyl halides is 2. The molecule has 0 radical (unpaired) electrons. The molecule has 0 amide bonds. The molecule has 4 rings (SSSR count). The third-order valence-corrected chi connectivity index (χ3v) is 7.02. The molecule has 192 valence electrons. The Morgan fingerprint density at radius 2 is 1.69 bits per heavy atom. The number of hydrogen-bond acceptors (Lipinski definition) is 7. The summed E-state index contributed by atoms with van der Waals surface area (Å²) in [4.78, 5) is 1.76. The number of aliphatic hydroxyl groups excluding tert-OH is 4. The number of nitrogens with zero attached hydrogens (tertiary/aromatic N) is 1. The number of aliphatic hydroxyl groups is 4. The van der Waals surface area contributed by atoms with Crippen molar-refractivity contribution in [3.8, 4) is 0 Å². The normalized spacial score (nSPS) is 26.5. The molecule has 2 aliphatic rings. The topological polar surface area (TPSA) is 108 Å². The number of fused-ring (bicyclic) bond motifs is 1. The van der Waals surface area contributed by atoms with E-state index in [0.717, 1.165) is 11.1 Å². The molecule has 0 bridgehead atoms. The van der Waals surface area contributed by atoms with Crippen LogP contribution in [-0.4, -0.2) is 50.1 Å². The zero-order chi connectivity index (χ0) is 25.5. The van der Waals surface area contributed by atoms with E-state index in [1.165, 1.54) is 12.1 Å². The van der Waals surface area contributed by atoms with E-state index in [9.17, 15) is 29.2 Å². The fourth-order valence-corrected chi connectivity index (χ4v) is 4.84. The average Bonchev–Trinajstić information content (AvgIpc) is 3.12. The number of halogens is 2. The SMILES string of the molecule is CC(C)(C)c1ccc(C(F)(F)[C@@H](O)NCc2ccc3c(c2)CN(C2CC[C@H](O)N[C@@H]2O)[C@H]3O)cc1. The summed E-state index contributed by atoms with van der Waals surface area (Å²) in [6, 6.07) is 10.9. The third kappa shape index (κ3) is 5.41. The van der Waals surface area contributed by atoms with Gasteiger partial charge in [0.2, 0.25) is 0 Å². The van der Waals surface area contributed by atoms with Crippen LogP contribution < -0.4 is 10.6 Å². The van der Waals surface area contributed by atoms with E-state index in [1.54, 1.807) is 29.2 Å². The van der Waals surface area contributed by atoms with Crippen LogP contribution in [0.2, 0.25) is 0 Å². The van der Waals surface area contributed by atoms with Gasteiger partial charge < -0.3 is 20.4 Å². The Balaban J connectivity index is 1.40. The van der Waals surface area contributed by atoms with Crippen molar-refractivity contribution in [1.82, 2.24) is 15.5 Å². The third-order valence-electron chi connectivity index (χ3n) is 7.02. The molecule has 0 aromatic heterocycles. The van der Waals surface area contributed by atoms with Crippen molar-refractivity contribution in [3.05, 3.63) is 70.3 Å². The van der Waals surface area contributed by atoms with Crippen molar-refractivity contribution in [1.29, 1.82) is 0 Å². The Kier molecular flexibility index (Phi) is 7.32. The van der Waals surface area contributed by atoms with E-state index in [-0.39, 0.29) is 23.6 Å². The van der Waals surface area contributed by atoms with Crippen LogP contribution in [0.3, 0.4) is 0 Å². The largest absolute Gasteiger partial charge is 0.379 e. The summed E-state index contributed by atoms with van der Waals surface area (Å²) >= 11 is 0. The first-order valence-electron chi connectivity index (χ1n) is 12.0. The minimum absolute atomic E-state index is 0.0139. The molecule has 0 saturated carbocycles. The van der Waals surface area contributed by atoms with Gasteiger partial charge >= 0.3 is 5.92 Å². The zero-order valence-corrected chi connectivity index (χ0v) is 20.2. The molecule has 2 aromatic rings. The number of rotatable bonds is 6. The van der Waals surface area contributed by atoms with Gasteiger partial charge in [0.25, 0.3) is 0 Å². The second-order valence-corrected chi connectivity index (χ2v) is 10.6. The van der Waals surface area contributed by atoms with E-state index in [1.807, 2.05) is 26.8 Å². The molecule has 2 aromatic carbocycles. The molecular formula is C26H35F2N3O4. The van der Waals surface area contributed by atoms with Crippen LogP contribution in [0, 0.1) is 0 Å². The summed E-state index contributed by atoms with van der Waals surface area (Å²) in [5.41, 5.74) is 2.72. The van der Waals surface area contributed by atoms with Gasteiger partial charge in [-0.25, -0.2) is 0 Å². The monoisotopic (exact) mass is 491 g/mol. The highest BCUT2D eigenvalue weighted by molar-refractivity contribution is 5.37. The summed E-state index contributed by atoms with van der Waals surface area (Å²) in [5.74, 6) is -3.48. The van der Waals surface area contributed by atoms with Gasteiger partial charge in [0.15, 0.2) is 6.23 Å². The Hall–Kier alpha value is -1.98. The Bertz CT molecular complexity index is 1030. The standard InChI is InChI=1S/C26H35F2N3O4/c1-25(2,3)17-5-7-18(8-6-17)26(27,28)24(35)29-13-15-4-9-19-16(12-15)14-31(23(19)34)20-10-11-21(32)30-22(20)33/h4-9,12,20-24,29-30,32-35H,10-11,13-14H2,1-3H3/t20?,21-,22+,23-,24+/m0/s1. The van der Waals surface area contributed by atoms with Crippen LogP contribution in [0.4, 0.5) is 8.78 Å². The van der Waals surface area contributed by atoms with Gasteiger partial charge in [0.05, 0.1) is 6.04 Å². The van der Waals surface area contributed by atoms with E-state index in [2.05, 4.69) is 10.6 Å². The minimum Gasteiger partial charge on any atom is -0.379 e.